The highest BCUT2D eigenvalue weighted by atomic mass is 16.6. The van der Waals surface area contributed by atoms with E-state index in [9.17, 15) is 9.59 Å². The molecule has 0 aromatic carbocycles. The number of carbonyl (C=O) groups is 2. The van der Waals surface area contributed by atoms with E-state index in [0.29, 0.717) is 6.42 Å². The lowest BCUT2D eigenvalue weighted by atomic mass is 10.3. The van der Waals surface area contributed by atoms with Crippen LogP contribution in [-0.2, 0) is 20.9 Å². The first-order valence-electron chi connectivity index (χ1n) is 4.71. The van der Waals surface area contributed by atoms with Crippen molar-refractivity contribution in [3.8, 4) is 6.01 Å². The van der Waals surface area contributed by atoms with Crippen molar-refractivity contribution in [2.45, 2.75) is 26.3 Å². The van der Waals surface area contributed by atoms with Crippen LogP contribution in [0.1, 0.15) is 19.8 Å². The fourth-order valence-electron chi connectivity index (χ4n) is 0.873. The summed E-state index contributed by atoms with van der Waals surface area (Å²) in [6.45, 7) is 1.68. The van der Waals surface area contributed by atoms with Gasteiger partial charge in [-0.15, -0.1) is 4.80 Å². The molecule has 8 nitrogen and oxygen atoms in total. The van der Waals surface area contributed by atoms with Crippen LogP contribution in [0.3, 0.4) is 0 Å². The van der Waals surface area contributed by atoms with Gasteiger partial charge in [-0.05, 0) is 11.6 Å². The lowest BCUT2D eigenvalue weighted by Gasteiger charge is -1.96. The van der Waals surface area contributed by atoms with Gasteiger partial charge in [-0.2, -0.15) is 0 Å². The number of hydrogen-bond acceptors (Lipinski definition) is 7. The second-order valence-corrected chi connectivity index (χ2v) is 2.90. The molecule has 0 bridgehead atoms. The van der Waals surface area contributed by atoms with Gasteiger partial charge in [-0.1, -0.05) is 17.1 Å². The van der Waals surface area contributed by atoms with Crippen LogP contribution in [0.4, 0.5) is 0 Å². The molecule has 0 N–H and O–H groups in total. The Balaban J connectivity index is 2.51. The van der Waals surface area contributed by atoms with Gasteiger partial charge < -0.3 is 9.47 Å². The molecule has 88 valence electrons. The molecule has 0 fully saturated rings. The summed E-state index contributed by atoms with van der Waals surface area (Å²) in [5.41, 5.74) is 0. The molecule has 0 spiro atoms. The van der Waals surface area contributed by atoms with Gasteiger partial charge in [0.25, 0.3) is 0 Å². The summed E-state index contributed by atoms with van der Waals surface area (Å²) < 4.78 is 9.16. The summed E-state index contributed by atoms with van der Waals surface area (Å²) in [6.07, 6.45) is 0.959. The van der Waals surface area contributed by atoms with Gasteiger partial charge in [0.05, 0.1) is 7.11 Å². The average Bonchev–Trinajstić information content (AvgIpc) is 2.65. The summed E-state index contributed by atoms with van der Waals surface area (Å²) in [7, 11) is 1.25. The standard InChI is InChI=1S/C8H12N4O4/c1-3-4-6(13)16-8-9-11-12(10-8)5-7(14)15-2/h3-5H2,1-2H3. The molecule has 0 aliphatic carbocycles. The highest BCUT2D eigenvalue weighted by molar-refractivity contribution is 5.71. The Morgan fingerprint density at radius 2 is 2.12 bits per heavy atom. The van der Waals surface area contributed by atoms with Gasteiger partial charge in [-0.25, -0.2) is 4.79 Å². The first kappa shape index (κ1) is 12.1. The molecular formula is C8H12N4O4. The van der Waals surface area contributed by atoms with Crippen molar-refractivity contribution < 1.29 is 19.1 Å². The third kappa shape index (κ3) is 3.64. The fraction of sp³-hybridized carbons (Fsp3) is 0.625. The van der Waals surface area contributed by atoms with Crippen LogP contribution in [0.5, 0.6) is 6.01 Å². The van der Waals surface area contributed by atoms with E-state index in [-0.39, 0.29) is 19.0 Å². The molecule has 1 aromatic heterocycles. The molecule has 1 aromatic rings. The Morgan fingerprint density at radius 1 is 1.38 bits per heavy atom. The number of nitrogens with zero attached hydrogens (tertiary/aromatic N) is 4. The lowest BCUT2D eigenvalue weighted by molar-refractivity contribution is -0.141. The van der Waals surface area contributed by atoms with E-state index in [0.717, 1.165) is 4.80 Å². The third-order valence-electron chi connectivity index (χ3n) is 1.59. The van der Waals surface area contributed by atoms with Crippen LogP contribution in [0.2, 0.25) is 0 Å². The van der Waals surface area contributed by atoms with Crippen LogP contribution in [0.15, 0.2) is 0 Å². The number of hydrogen-bond donors (Lipinski definition) is 0. The van der Waals surface area contributed by atoms with E-state index in [1.165, 1.54) is 7.11 Å². The highest BCUT2D eigenvalue weighted by Gasteiger charge is 2.11. The molecule has 1 rings (SSSR count). The Morgan fingerprint density at radius 3 is 2.75 bits per heavy atom. The molecule has 1 heterocycles. The molecule has 8 heteroatoms. The molecule has 16 heavy (non-hydrogen) atoms. The van der Waals surface area contributed by atoms with Crippen LogP contribution >= 0.6 is 0 Å². The van der Waals surface area contributed by atoms with Gasteiger partial charge >= 0.3 is 17.9 Å². The molecule has 0 amide bonds. The molecule has 0 saturated heterocycles. The van der Waals surface area contributed by atoms with Crippen LogP contribution in [0, 0.1) is 0 Å². The summed E-state index contributed by atoms with van der Waals surface area (Å²) in [4.78, 5) is 22.9. The lowest BCUT2D eigenvalue weighted by Crippen LogP contribution is -2.14. The zero-order valence-corrected chi connectivity index (χ0v) is 9.04. The number of methoxy groups -OCH3 is 1. The van der Waals surface area contributed by atoms with Gasteiger partial charge in [0.2, 0.25) is 0 Å². The summed E-state index contributed by atoms with van der Waals surface area (Å²) in [5.74, 6) is -0.941. The second kappa shape index (κ2) is 5.79. The SMILES string of the molecule is CCCC(=O)Oc1nnn(CC(=O)OC)n1. The minimum absolute atomic E-state index is 0.164. The van der Waals surface area contributed by atoms with E-state index >= 15 is 0 Å². The Labute approximate surface area is 91.5 Å². The average molecular weight is 228 g/mol. The van der Waals surface area contributed by atoms with Gasteiger partial charge in [0, 0.05) is 6.42 Å². The molecule has 0 aliphatic rings. The predicted octanol–water partition coefficient (Wildman–Crippen LogP) is -0.448. The van der Waals surface area contributed by atoms with Crippen molar-refractivity contribution in [1.82, 2.24) is 20.2 Å². The Hall–Kier alpha value is -1.99. The number of carbonyl (C=O) groups excluding carboxylic acids is 2. The van der Waals surface area contributed by atoms with E-state index in [2.05, 4.69) is 20.1 Å². The van der Waals surface area contributed by atoms with E-state index in [1.54, 1.807) is 0 Å². The Bertz CT molecular complexity index is 376. The molecule has 0 unspecified atom stereocenters. The highest BCUT2D eigenvalue weighted by Crippen LogP contribution is 2.00. The van der Waals surface area contributed by atoms with Crippen LogP contribution in [0.25, 0.3) is 0 Å². The number of esters is 2. The number of ether oxygens (including phenoxy) is 2. The molecule has 0 saturated carbocycles. The van der Waals surface area contributed by atoms with Crippen molar-refractivity contribution in [2.24, 2.45) is 0 Å². The number of aromatic nitrogens is 4. The summed E-state index contributed by atoms with van der Waals surface area (Å²) in [6, 6.07) is -0.164. The van der Waals surface area contributed by atoms with Gasteiger partial charge in [0.1, 0.15) is 0 Å². The van der Waals surface area contributed by atoms with Crippen molar-refractivity contribution in [3.63, 3.8) is 0 Å². The molecule has 0 radical (unpaired) electrons. The second-order valence-electron chi connectivity index (χ2n) is 2.90. The van der Waals surface area contributed by atoms with Crippen molar-refractivity contribution in [2.75, 3.05) is 7.11 Å². The molecule has 0 atom stereocenters. The van der Waals surface area contributed by atoms with Gasteiger partial charge in [0.15, 0.2) is 6.54 Å². The molecular weight excluding hydrogens is 216 g/mol. The largest absolute Gasteiger partial charge is 0.468 e. The zero-order valence-electron chi connectivity index (χ0n) is 9.04. The normalized spacial score (nSPS) is 9.88. The predicted molar refractivity (Wildman–Crippen MR) is 50.4 cm³/mol. The summed E-state index contributed by atoms with van der Waals surface area (Å²) in [5, 5.41) is 10.6. The first-order valence-corrected chi connectivity index (χ1v) is 4.71. The third-order valence-corrected chi connectivity index (χ3v) is 1.59. The van der Waals surface area contributed by atoms with Crippen LogP contribution < -0.4 is 4.74 Å². The zero-order chi connectivity index (χ0) is 12.0. The van der Waals surface area contributed by atoms with Crippen molar-refractivity contribution >= 4 is 11.9 Å². The summed E-state index contributed by atoms with van der Waals surface area (Å²) >= 11 is 0. The minimum Gasteiger partial charge on any atom is -0.468 e. The Kier molecular flexibility index (Phi) is 4.37. The van der Waals surface area contributed by atoms with Crippen LogP contribution in [-0.4, -0.2) is 39.3 Å². The topological polar surface area (TPSA) is 96.2 Å². The van der Waals surface area contributed by atoms with Crippen molar-refractivity contribution in [1.29, 1.82) is 0 Å². The monoisotopic (exact) mass is 228 g/mol. The minimum atomic E-state index is -0.510. The van der Waals surface area contributed by atoms with Crippen molar-refractivity contribution in [3.05, 3.63) is 0 Å². The maximum absolute atomic E-state index is 11.1. The van der Waals surface area contributed by atoms with E-state index in [4.69, 9.17) is 4.74 Å². The first-order chi connectivity index (χ1) is 7.65. The maximum atomic E-state index is 11.1. The maximum Gasteiger partial charge on any atom is 0.363 e. The van der Waals surface area contributed by atoms with Gasteiger partial charge in [-0.3, -0.25) is 4.79 Å². The van der Waals surface area contributed by atoms with E-state index in [1.807, 2.05) is 6.92 Å². The quantitative estimate of drug-likeness (QED) is 0.629. The smallest absolute Gasteiger partial charge is 0.363 e. The fourth-order valence-corrected chi connectivity index (χ4v) is 0.873. The number of tetrazole rings is 1. The van der Waals surface area contributed by atoms with E-state index < -0.39 is 11.9 Å². The number of rotatable bonds is 5. The molecule has 0 aliphatic heterocycles.